The quantitative estimate of drug-likeness (QED) is 0.853. The summed E-state index contributed by atoms with van der Waals surface area (Å²) in [6, 6.07) is 4.00. The first-order valence-corrected chi connectivity index (χ1v) is 7.23. The largest absolute Gasteiger partial charge is 0.310 e. The van der Waals surface area contributed by atoms with Crippen molar-refractivity contribution in [2.75, 3.05) is 6.54 Å². The number of nitrogens with zero attached hydrogens (tertiary/aromatic N) is 2. The molecule has 0 bridgehead atoms. The van der Waals surface area contributed by atoms with Crippen molar-refractivity contribution in [2.24, 2.45) is 0 Å². The number of aromatic nitrogens is 2. The van der Waals surface area contributed by atoms with Crippen LogP contribution < -0.4 is 5.32 Å². The summed E-state index contributed by atoms with van der Waals surface area (Å²) in [5, 5.41) is 7.93. The number of nitrogens with one attached hydrogen (secondary N) is 1. The Balaban J connectivity index is 1.80. The first kappa shape index (κ1) is 13.6. The molecule has 0 unspecified atom stereocenters. The number of hydrogen-bond donors (Lipinski definition) is 1. The molecule has 3 nitrogen and oxygen atoms in total. The molecule has 0 spiro atoms. The summed E-state index contributed by atoms with van der Waals surface area (Å²) in [5.41, 5.74) is 3.67. The van der Waals surface area contributed by atoms with E-state index in [1.807, 2.05) is 6.07 Å². The molecule has 2 aromatic rings. The molecule has 0 saturated heterocycles. The van der Waals surface area contributed by atoms with Crippen molar-refractivity contribution in [1.29, 1.82) is 0 Å². The fourth-order valence-electron chi connectivity index (χ4n) is 1.85. The fraction of sp³-hybridized carbons (Fsp3) is 0.462. The second-order valence-electron chi connectivity index (χ2n) is 4.40. The van der Waals surface area contributed by atoms with Crippen LogP contribution in [0.1, 0.15) is 21.8 Å². The summed E-state index contributed by atoms with van der Waals surface area (Å²) < 4.78 is 2.92. The predicted molar refractivity (Wildman–Crippen MR) is 77.5 cm³/mol. The molecule has 18 heavy (non-hydrogen) atoms. The Hall–Kier alpha value is -0.840. The minimum atomic E-state index is 0.848. The van der Waals surface area contributed by atoms with E-state index >= 15 is 0 Å². The molecule has 5 heteroatoms. The van der Waals surface area contributed by atoms with Gasteiger partial charge in [-0.3, -0.25) is 4.68 Å². The minimum absolute atomic E-state index is 0.848. The maximum absolute atomic E-state index is 5.89. The molecule has 0 fully saturated rings. The Morgan fingerprint density at radius 2 is 2.11 bits per heavy atom. The molecule has 0 radical (unpaired) electrons. The highest BCUT2D eigenvalue weighted by molar-refractivity contribution is 7.16. The highest BCUT2D eigenvalue weighted by Crippen LogP contribution is 2.20. The van der Waals surface area contributed by atoms with Gasteiger partial charge in [-0.05, 0) is 38.5 Å². The molecule has 2 heterocycles. The Bertz CT molecular complexity index is 530. The van der Waals surface area contributed by atoms with Gasteiger partial charge >= 0.3 is 0 Å². The number of thiophene rings is 1. The van der Waals surface area contributed by atoms with Crippen LogP contribution in [0.15, 0.2) is 12.1 Å². The van der Waals surface area contributed by atoms with E-state index < -0.39 is 0 Å². The second-order valence-corrected chi connectivity index (χ2v) is 6.20. The van der Waals surface area contributed by atoms with Gasteiger partial charge in [0.1, 0.15) is 0 Å². The van der Waals surface area contributed by atoms with E-state index in [1.165, 1.54) is 16.1 Å². The minimum Gasteiger partial charge on any atom is -0.310 e. The van der Waals surface area contributed by atoms with Crippen molar-refractivity contribution >= 4 is 22.9 Å². The van der Waals surface area contributed by atoms with E-state index in [9.17, 15) is 0 Å². The molecule has 0 aliphatic carbocycles. The zero-order valence-electron chi connectivity index (χ0n) is 11.0. The molecule has 0 amide bonds. The monoisotopic (exact) mass is 283 g/mol. The molecule has 1 N–H and O–H groups in total. The van der Waals surface area contributed by atoms with Gasteiger partial charge in [0.2, 0.25) is 0 Å². The Labute approximate surface area is 117 Å². The van der Waals surface area contributed by atoms with Gasteiger partial charge in [0.05, 0.1) is 16.6 Å². The van der Waals surface area contributed by atoms with Crippen LogP contribution in [0.2, 0.25) is 4.34 Å². The predicted octanol–water partition coefficient (Wildman–Crippen LogP) is 3.31. The van der Waals surface area contributed by atoms with Crippen LogP contribution in [0.25, 0.3) is 0 Å². The van der Waals surface area contributed by atoms with Gasteiger partial charge in [-0.15, -0.1) is 11.3 Å². The summed E-state index contributed by atoms with van der Waals surface area (Å²) >= 11 is 7.51. The molecular formula is C13H18ClN3S. The number of rotatable bonds is 5. The summed E-state index contributed by atoms with van der Waals surface area (Å²) in [5.74, 6) is 0. The molecule has 0 saturated carbocycles. The molecule has 2 aromatic heterocycles. The standard InChI is InChI=1S/C13H18ClN3S/c1-9-10(2)16-17(11(9)3)7-6-15-8-12-4-5-13(14)18-12/h4-5,15H,6-8H2,1-3H3. The van der Waals surface area contributed by atoms with Crippen molar-refractivity contribution in [3.05, 3.63) is 38.3 Å². The van der Waals surface area contributed by atoms with Gasteiger partial charge in [-0.2, -0.15) is 5.10 Å². The van der Waals surface area contributed by atoms with Gasteiger partial charge < -0.3 is 5.32 Å². The highest BCUT2D eigenvalue weighted by atomic mass is 35.5. The smallest absolute Gasteiger partial charge is 0.0931 e. The van der Waals surface area contributed by atoms with Crippen LogP contribution >= 0.6 is 22.9 Å². The molecule has 2 rings (SSSR count). The summed E-state index contributed by atoms with van der Waals surface area (Å²) in [4.78, 5) is 1.27. The van der Waals surface area contributed by atoms with Gasteiger partial charge in [-0.25, -0.2) is 0 Å². The third kappa shape index (κ3) is 3.13. The zero-order chi connectivity index (χ0) is 13.1. The van der Waals surface area contributed by atoms with E-state index in [0.29, 0.717) is 0 Å². The SMILES string of the molecule is Cc1nn(CCNCc2ccc(Cl)s2)c(C)c1C. The maximum Gasteiger partial charge on any atom is 0.0931 e. The lowest BCUT2D eigenvalue weighted by Gasteiger charge is -2.05. The highest BCUT2D eigenvalue weighted by Gasteiger charge is 2.06. The molecule has 0 aliphatic heterocycles. The lowest BCUT2D eigenvalue weighted by atomic mass is 10.2. The van der Waals surface area contributed by atoms with Gasteiger partial charge in [0, 0.05) is 23.7 Å². The Morgan fingerprint density at radius 1 is 1.33 bits per heavy atom. The van der Waals surface area contributed by atoms with Crippen molar-refractivity contribution < 1.29 is 0 Å². The van der Waals surface area contributed by atoms with E-state index in [0.717, 1.165) is 29.7 Å². The van der Waals surface area contributed by atoms with E-state index in [2.05, 4.69) is 41.9 Å². The van der Waals surface area contributed by atoms with Crippen LogP contribution in [-0.2, 0) is 13.1 Å². The molecule has 0 aliphatic rings. The summed E-state index contributed by atoms with van der Waals surface area (Å²) in [6.07, 6.45) is 0. The number of hydrogen-bond acceptors (Lipinski definition) is 3. The van der Waals surface area contributed by atoms with E-state index in [1.54, 1.807) is 11.3 Å². The number of aryl methyl sites for hydroxylation is 1. The second kappa shape index (κ2) is 5.87. The first-order valence-electron chi connectivity index (χ1n) is 6.03. The van der Waals surface area contributed by atoms with Gasteiger partial charge in [0.15, 0.2) is 0 Å². The molecule has 0 aromatic carbocycles. The van der Waals surface area contributed by atoms with Gasteiger partial charge in [0.25, 0.3) is 0 Å². The van der Waals surface area contributed by atoms with Crippen LogP contribution in [-0.4, -0.2) is 16.3 Å². The topological polar surface area (TPSA) is 29.9 Å². The average Bonchev–Trinajstić information content (AvgIpc) is 2.85. The van der Waals surface area contributed by atoms with Gasteiger partial charge in [-0.1, -0.05) is 11.6 Å². The van der Waals surface area contributed by atoms with E-state index in [-0.39, 0.29) is 0 Å². The van der Waals surface area contributed by atoms with Crippen LogP contribution in [0.3, 0.4) is 0 Å². The fourth-order valence-corrected chi connectivity index (χ4v) is 2.90. The number of halogens is 1. The molecule has 98 valence electrons. The van der Waals surface area contributed by atoms with Crippen LogP contribution in [0.4, 0.5) is 0 Å². The van der Waals surface area contributed by atoms with Crippen molar-refractivity contribution in [1.82, 2.24) is 15.1 Å². The lowest BCUT2D eigenvalue weighted by molar-refractivity contribution is 0.544. The van der Waals surface area contributed by atoms with Crippen molar-refractivity contribution in [2.45, 2.75) is 33.9 Å². The van der Waals surface area contributed by atoms with Crippen LogP contribution in [0, 0.1) is 20.8 Å². The van der Waals surface area contributed by atoms with Crippen LogP contribution in [0.5, 0.6) is 0 Å². The van der Waals surface area contributed by atoms with E-state index in [4.69, 9.17) is 11.6 Å². The van der Waals surface area contributed by atoms with Crippen molar-refractivity contribution in [3.8, 4) is 0 Å². The lowest BCUT2D eigenvalue weighted by Crippen LogP contribution is -2.20. The Morgan fingerprint density at radius 3 is 2.67 bits per heavy atom. The summed E-state index contributed by atoms with van der Waals surface area (Å²) in [7, 11) is 0. The normalized spacial score (nSPS) is 11.1. The average molecular weight is 284 g/mol. The third-order valence-electron chi connectivity index (χ3n) is 3.17. The molecular weight excluding hydrogens is 266 g/mol. The maximum atomic E-state index is 5.89. The molecule has 0 atom stereocenters. The summed E-state index contributed by atoms with van der Waals surface area (Å²) in [6.45, 7) is 8.98. The Kier molecular flexibility index (Phi) is 4.43. The first-order chi connectivity index (χ1) is 8.58. The zero-order valence-corrected chi connectivity index (χ0v) is 12.5. The van der Waals surface area contributed by atoms with Crippen molar-refractivity contribution in [3.63, 3.8) is 0 Å². The third-order valence-corrected chi connectivity index (χ3v) is 4.40.